The first-order chi connectivity index (χ1) is 9.24. The van der Waals surface area contributed by atoms with Crippen molar-refractivity contribution in [3.63, 3.8) is 0 Å². The van der Waals surface area contributed by atoms with Gasteiger partial charge in [-0.05, 0) is 50.2 Å². The molecule has 0 aromatic heterocycles. The highest BCUT2D eigenvalue weighted by Crippen LogP contribution is 2.18. The van der Waals surface area contributed by atoms with Gasteiger partial charge in [0.1, 0.15) is 5.82 Å². The van der Waals surface area contributed by atoms with E-state index in [2.05, 4.69) is 23.2 Å². The van der Waals surface area contributed by atoms with Crippen LogP contribution in [-0.2, 0) is 6.54 Å². The van der Waals surface area contributed by atoms with E-state index in [4.69, 9.17) is 5.26 Å². The summed E-state index contributed by atoms with van der Waals surface area (Å²) in [7, 11) is 0. The van der Waals surface area contributed by atoms with Crippen LogP contribution in [0.25, 0.3) is 0 Å². The molecule has 0 aliphatic carbocycles. The monoisotopic (exact) mass is 261 g/mol. The van der Waals surface area contributed by atoms with E-state index in [1.807, 2.05) is 0 Å². The molecule has 0 amide bonds. The van der Waals surface area contributed by atoms with Gasteiger partial charge >= 0.3 is 0 Å². The SMILES string of the molecule is CCN(Cc1ccc(F)cc1C#N)C1CCNCC1. The van der Waals surface area contributed by atoms with Crippen molar-refractivity contribution in [1.82, 2.24) is 10.2 Å². The van der Waals surface area contributed by atoms with Crippen LogP contribution in [0, 0.1) is 17.1 Å². The number of benzene rings is 1. The summed E-state index contributed by atoms with van der Waals surface area (Å²) in [6.07, 6.45) is 2.27. The van der Waals surface area contributed by atoms with E-state index in [1.54, 1.807) is 6.07 Å². The summed E-state index contributed by atoms with van der Waals surface area (Å²) in [4.78, 5) is 2.38. The Balaban J connectivity index is 2.11. The average Bonchev–Trinajstić information content (AvgIpc) is 2.46. The van der Waals surface area contributed by atoms with E-state index in [0.29, 0.717) is 11.6 Å². The van der Waals surface area contributed by atoms with Crippen molar-refractivity contribution < 1.29 is 4.39 Å². The first-order valence-electron chi connectivity index (χ1n) is 6.88. The van der Waals surface area contributed by atoms with E-state index in [-0.39, 0.29) is 5.82 Å². The van der Waals surface area contributed by atoms with Crippen LogP contribution in [0.1, 0.15) is 30.9 Å². The molecule has 0 atom stereocenters. The van der Waals surface area contributed by atoms with Gasteiger partial charge in [0.05, 0.1) is 11.6 Å². The van der Waals surface area contributed by atoms with Crippen LogP contribution in [0.5, 0.6) is 0 Å². The number of nitriles is 1. The molecule has 0 bridgehead atoms. The van der Waals surface area contributed by atoms with Gasteiger partial charge < -0.3 is 5.32 Å². The van der Waals surface area contributed by atoms with Crippen molar-refractivity contribution in [1.29, 1.82) is 5.26 Å². The Bertz CT molecular complexity index is 461. The minimum Gasteiger partial charge on any atom is -0.317 e. The molecule has 0 saturated carbocycles. The lowest BCUT2D eigenvalue weighted by Gasteiger charge is -2.34. The van der Waals surface area contributed by atoms with Crippen molar-refractivity contribution in [3.8, 4) is 6.07 Å². The predicted octanol–water partition coefficient (Wildman–Crippen LogP) is 2.27. The molecule has 1 aromatic rings. The summed E-state index contributed by atoms with van der Waals surface area (Å²) in [6, 6.07) is 7.14. The van der Waals surface area contributed by atoms with Crippen LogP contribution < -0.4 is 5.32 Å². The smallest absolute Gasteiger partial charge is 0.124 e. The van der Waals surface area contributed by atoms with Gasteiger partial charge in [-0.25, -0.2) is 4.39 Å². The summed E-state index contributed by atoms with van der Waals surface area (Å²) in [5, 5.41) is 12.5. The fraction of sp³-hybridized carbons (Fsp3) is 0.533. The van der Waals surface area contributed by atoms with Gasteiger partial charge in [-0.1, -0.05) is 13.0 Å². The van der Waals surface area contributed by atoms with E-state index >= 15 is 0 Å². The number of hydrogen-bond donors (Lipinski definition) is 1. The normalized spacial score (nSPS) is 16.5. The van der Waals surface area contributed by atoms with Gasteiger partial charge in [-0.3, -0.25) is 4.90 Å². The van der Waals surface area contributed by atoms with E-state index < -0.39 is 0 Å². The molecule has 1 N–H and O–H groups in total. The molecule has 1 heterocycles. The maximum Gasteiger partial charge on any atom is 0.124 e. The van der Waals surface area contributed by atoms with Crippen molar-refractivity contribution in [2.45, 2.75) is 32.4 Å². The van der Waals surface area contributed by atoms with Gasteiger partial charge in [0.15, 0.2) is 0 Å². The number of rotatable bonds is 4. The second kappa shape index (κ2) is 6.65. The largest absolute Gasteiger partial charge is 0.317 e. The van der Waals surface area contributed by atoms with Gasteiger partial charge in [-0.15, -0.1) is 0 Å². The fourth-order valence-corrected chi connectivity index (χ4v) is 2.68. The number of hydrogen-bond acceptors (Lipinski definition) is 3. The second-order valence-corrected chi connectivity index (χ2v) is 4.96. The Labute approximate surface area is 114 Å². The van der Waals surface area contributed by atoms with Crippen LogP contribution in [0.3, 0.4) is 0 Å². The second-order valence-electron chi connectivity index (χ2n) is 4.96. The zero-order valence-electron chi connectivity index (χ0n) is 11.3. The third-order valence-electron chi connectivity index (χ3n) is 3.80. The zero-order chi connectivity index (χ0) is 13.7. The highest BCUT2D eigenvalue weighted by molar-refractivity contribution is 5.37. The number of halogens is 1. The molecular formula is C15H20FN3. The summed E-state index contributed by atoms with van der Waals surface area (Å²) in [6.45, 7) is 5.92. The Morgan fingerprint density at radius 2 is 2.16 bits per heavy atom. The van der Waals surface area contributed by atoms with Crippen LogP contribution in [0.15, 0.2) is 18.2 Å². The minimum absolute atomic E-state index is 0.342. The number of piperidine rings is 1. The van der Waals surface area contributed by atoms with Crippen LogP contribution >= 0.6 is 0 Å². The summed E-state index contributed by atoms with van der Waals surface area (Å²) in [5.41, 5.74) is 1.37. The zero-order valence-corrected chi connectivity index (χ0v) is 11.3. The highest BCUT2D eigenvalue weighted by atomic mass is 19.1. The maximum atomic E-state index is 13.1. The van der Waals surface area contributed by atoms with Gasteiger partial charge in [0, 0.05) is 12.6 Å². The van der Waals surface area contributed by atoms with E-state index in [1.165, 1.54) is 12.1 Å². The third kappa shape index (κ3) is 3.52. The molecule has 2 rings (SSSR count). The topological polar surface area (TPSA) is 39.1 Å². The molecule has 0 spiro atoms. The lowest BCUT2D eigenvalue weighted by molar-refractivity contribution is 0.162. The minimum atomic E-state index is -0.342. The first-order valence-corrected chi connectivity index (χ1v) is 6.88. The summed E-state index contributed by atoms with van der Waals surface area (Å²) >= 11 is 0. The van der Waals surface area contributed by atoms with Crippen molar-refractivity contribution in [2.24, 2.45) is 0 Å². The molecule has 4 heteroatoms. The quantitative estimate of drug-likeness (QED) is 0.903. The predicted molar refractivity (Wildman–Crippen MR) is 73.1 cm³/mol. The van der Waals surface area contributed by atoms with Gasteiger partial charge in [0.2, 0.25) is 0 Å². The van der Waals surface area contributed by atoms with Crippen LogP contribution in [-0.4, -0.2) is 30.6 Å². The average molecular weight is 261 g/mol. The molecule has 0 radical (unpaired) electrons. The molecule has 1 aliphatic heterocycles. The maximum absolute atomic E-state index is 13.1. The molecule has 0 unspecified atom stereocenters. The van der Waals surface area contributed by atoms with Gasteiger partial charge in [0.25, 0.3) is 0 Å². The van der Waals surface area contributed by atoms with Gasteiger partial charge in [-0.2, -0.15) is 5.26 Å². The molecule has 1 aliphatic rings. The number of nitrogens with zero attached hydrogens (tertiary/aromatic N) is 2. The van der Waals surface area contributed by atoms with Crippen molar-refractivity contribution >= 4 is 0 Å². The first kappa shape index (κ1) is 14.0. The molecule has 19 heavy (non-hydrogen) atoms. The Kier molecular flexibility index (Phi) is 4.89. The van der Waals surface area contributed by atoms with Crippen molar-refractivity contribution in [3.05, 3.63) is 35.1 Å². The fourth-order valence-electron chi connectivity index (χ4n) is 2.68. The Hall–Kier alpha value is -1.44. The Morgan fingerprint density at radius 3 is 2.79 bits per heavy atom. The molecule has 1 fully saturated rings. The van der Waals surface area contributed by atoms with E-state index in [9.17, 15) is 4.39 Å². The molecule has 1 aromatic carbocycles. The number of nitrogens with one attached hydrogen (secondary N) is 1. The van der Waals surface area contributed by atoms with E-state index in [0.717, 1.165) is 44.6 Å². The summed E-state index contributed by atoms with van der Waals surface area (Å²) in [5.74, 6) is -0.342. The Morgan fingerprint density at radius 1 is 1.42 bits per heavy atom. The van der Waals surface area contributed by atoms with Crippen molar-refractivity contribution in [2.75, 3.05) is 19.6 Å². The summed E-state index contributed by atoms with van der Waals surface area (Å²) < 4.78 is 13.1. The van der Waals surface area contributed by atoms with Crippen LogP contribution in [0.4, 0.5) is 4.39 Å². The molecular weight excluding hydrogens is 241 g/mol. The lowest BCUT2D eigenvalue weighted by atomic mass is 10.0. The molecule has 1 saturated heterocycles. The van der Waals surface area contributed by atoms with Crippen LogP contribution in [0.2, 0.25) is 0 Å². The standard InChI is InChI=1S/C15H20FN3/c1-2-19(15-5-7-18-8-6-15)11-12-3-4-14(16)9-13(12)10-17/h3-4,9,15,18H,2,5-8,11H2,1H3. The lowest BCUT2D eigenvalue weighted by Crippen LogP contribution is -2.42. The molecule has 3 nitrogen and oxygen atoms in total. The molecule has 102 valence electrons. The highest BCUT2D eigenvalue weighted by Gasteiger charge is 2.20. The third-order valence-corrected chi connectivity index (χ3v) is 3.80.